The second kappa shape index (κ2) is 8.05. The molecule has 0 saturated carbocycles. The summed E-state index contributed by atoms with van der Waals surface area (Å²) in [6.45, 7) is 9.72. The minimum absolute atomic E-state index is 0.180. The van der Waals surface area contributed by atoms with Crippen molar-refractivity contribution >= 4 is 16.5 Å². The molecule has 0 amide bonds. The van der Waals surface area contributed by atoms with E-state index in [2.05, 4.69) is 41.8 Å². The molecular weight excluding hydrogens is 371 g/mol. The quantitative estimate of drug-likeness (QED) is 0.714. The normalized spacial score (nSPS) is 15.4. The molecule has 1 N–H and O–H groups in total. The lowest BCUT2D eigenvalue weighted by Crippen LogP contribution is -3.12. The van der Waals surface area contributed by atoms with Gasteiger partial charge in [-0.25, -0.2) is 9.37 Å². The van der Waals surface area contributed by atoms with E-state index in [9.17, 15) is 4.39 Å². The summed E-state index contributed by atoms with van der Waals surface area (Å²) < 4.78 is 15.5. The van der Waals surface area contributed by atoms with Crippen LogP contribution in [0.15, 0.2) is 35.7 Å². The molecule has 3 heterocycles. The van der Waals surface area contributed by atoms with Crippen LogP contribution in [-0.4, -0.2) is 42.8 Å². The summed E-state index contributed by atoms with van der Waals surface area (Å²) in [6, 6.07) is 9.05. The van der Waals surface area contributed by atoms with E-state index >= 15 is 0 Å². The number of nitrogens with zero attached hydrogens (tertiary/aromatic N) is 3. The van der Waals surface area contributed by atoms with Crippen molar-refractivity contribution in [2.45, 2.75) is 26.8 Å². The van der Waals surface area contributed by atoms with Gasteiger partial charge in [0.15, 0.2) is 5.13 Å². The molecule has 0 bridgehead atoms. The number of hydrogen-bond donors (Lipinski definition) is 1. The Morgan fingerprint density at radius 2 is 1.86 bits per heavy atom. The molecule has 1 aliphatic rings. The Balaban J connectivity index is 1.50. The fraction of sp³-hybridized carbons (Fsp3) is 0.409. The molecule has 0 spiro atoms. The van der Waals surface area contributed by atoms with Gasteiger partial charge in [-0.15, -0.1) is 11.3 Å². The van der Waals surface area contributed by atoms with E-state index in [1.165, 1.54) is 42.2 Å². The summed E-state index contributed by atoms with van der Waals surface area (Å²) in [5.41, 5.74) is 5.95. The van der Waals surface area contributed by atoms with Gasteiger partial charge in [0, 0.05) is 28.9 Å². The smallest absolute Gasteiger partial charge is 0.186 e. The Kier molecular flexibility index (Phi) is 5.51. The first-order valence-electron chi connectivity index (χ1n) is 9.94. The van der Waals surface area contributed by atoms with Gasteiger partial charge >= 0.3 is 0 Å². The Morgan fingerprint density at radius 3 is 2.57 bits per heavy atom. The molecule has 1 fully saturated rings. The first-order chi connectivity index (χ1) is 13.5. The zero-order chi connectivity index (χ0) is 19.7. The number of nitrogens with one attached hydrogen (secondary N) is 1. The number of aromatic nitrogens is 2. The highest BCUT2D eigenvalue weighted by molar-refractivity contribution is 7.14. The van der Waals surface area contributed by atoms with Crippen LogP contribution in [0.3, 0.4) is 0 Å². The van der Waals surface area contributed by atoms with Crippen molar-refractivity contribution in [3.8, 4) is 11.3 Å². The lowest BCUT2D eigenvalue weighted by Gasteiger charge is -2.29. The number of benzene rings is 1. The molecule has 28 heavy (non-hydrogen) atoms. The third kappa shape index (κ3) is 3.98. The van der Waals surface area contributed by atoms with E-state index in [-0.39, 0.29) is 5.82 Å². The molecular formula is C22H28FN4S+. The van der Waals surface area contributed by atoms with Crippen molar-refractivity contribution in [1.82, 2.24) is 9.55 Å². The molecule has 4 nitrogen and oxygen atoms in total. The van der Waals surface area contributed by atoms with Gasteiger partial charge in [0.25, 0.3) is 0 Å². The number of likely N-dealkylation sites (N-methyl/N-ethyl adjacent to an activating group) is 1. The minimum atomic E-state index is -0.180. The lowest BCUT2D eigenvalue weighted by atomic mass is 10.1. The Bertz CT molecular complexity index is 936. The number of quaternary nitrogens is 1. The SMILES string of the molecule is Cc1cc(-c2csc(N3CC[NH+](C)CC3)n2)c(C)n1CCc1ccc(F)cc1. The predicted octanol–water partition coefficient (Wildman–Crippen LogP) is 2.94. The monoisotopic (exact) mass is 399 g/mol. The average Bonchev–Trinajstić information content (AvgIpc) is 3.27. The zero-order valence-electron chi connectivity index (χ0n) is 16.8. The van der Waals surface area contributed by atoms with Crippen molar-refractivity contribution < 1.29 is 9.29 Å². The fourth-order valence-corrected chi connectivity index (χ4v) is 4.79. The summed E-state index contributed by atoms with van der Waals surface area (Å²) in [5.74, 6) is -0.180. The van der Waals surface area contributed by atoms with Crippen LogP contribution in [0.4, 0.5) is 9.52 Å². The number of aryl methyl sites for hydroxylation is 2. The maximum Gasteiger partial charge on any atom is 0.186 e. The van der Waals surface area contributed by atoms with E-state index in [4.69, 9.17) is 4.98 Å². The first kappa shape index (κ1) is 19.2. The molecule has 2 aromatic heterocycles. The van der Waals surface area contributed by atoms with Gasteiger partial charge in [0.2, 0.25) is 0 Å². The number of halogens is 1. The van der Waals surface area contributed by atoms with Crippen LogP contribution >= 0.6 is 11.3 Å². The van der Waals surface area contributed by atoms with Gasteiger partial charge in [-0.2, -0.15) is 0 Å². The average molecular weight is 400 g/mol. The highest BCUT2D eigenvalue weighted by Crippen LogP contribution is 2.31. The van der Waals surface area contributed by atoms with Crippen molar-refractivity contribution in [3.63, 3.8) is 0 Å². The molecule has 4 rings (SSSR count). The Morgan fingerprint density at radius 1 is 1.14 bits per heavy atom. The summed E-state index contributed by atoms with van der Waals surface area (Å²) in [5, 5.41) is 3.32. The predicted molar refractivity (Wildman–Crippen MR) is 114 cm³/mol. The van der Waals surface area contributed by atoms with E-state index in [0.29, 0.717) is 0 Å². The van der Waals surface area contributed by atoms with Crippen molar-refractivity contribution in [2.75, 3.05) is 38.1 Å². The summed E-state index contributed by atoms with van der Waals surface area (Å²) in [6.07, 6.45) is 0.891. The van der Waals surface area contributed by atoms with Crippen LogP contribution in [0.1, 0.15) is 17.0 Å². The molecule has 6 heteroatoms. The van der Waals surface area contributed by atoms with E-state index in [0.717, 1.165) is 42.4 Å². The molecule has 0 atom stereocenters. The van der Waals surface area contributed by atoms with Crippen LogP contribution in [0.25, 0.3) is 11.3 Å². The van der Waals surface area contributed by atoms with Crippen LogP contribution in [0, 0.1) is 19.7 Å². The fourth-order valence-electron chi connectivity index (χ4n) is 3.91. The standard InChI is InChI=1S/C22H27FN4S/c1-16-14-20(17(2)27(16)9-8-18-4-6-19(23)7-5-18)21-15-28-22(24-21)26-12-10-25(3)11-13-26/h4-7,14-15H,8-13H2,1-3H3/p+1. The Labute approximate surface area is 170 Å². The molecule has 1 aliphatic heterocycles. The Hall–Kier alpha value is -2.18. The number of thiazole rings is 1. The maximum atomic E-state index is 13.1. The molecule has 0 aliphatic carbocycles. The number of hydrogen-bond acceptors (Lipinski definition) is 3. The van der Waals surface area contributed by atoms with E-state index in [1.54, 1.807) is 16.2 Å². The van der Waals surface area contributed by atoms with E-state index in [1.807, 2.05) is 12.1 Å². The topological polar surface area (TPSA) is 25.5 Å². The molecule has 3 aromatic rings. The van der Waals surface area contributed by atoms with Gasteiger partial charge in [0.05, 0.1) is 38.9 Å². The second-order valence-electron chi connectivity index (χ2n) is 7.77. The lowest BCUT2D eigenvalue weighted by molar-refractivity contribution is -0.880. The van der Waals surface area contributed by atoms with Crippen LogP contribution < -0.4 is 9.80 Å². The number of anilines is 1. The minimum Gasteiger partial charge on any atom is -0.348 e. The number of piperazine rings is 1. The zero-order valence-corrected chi connectivity index (χ0v) is 17.7. The second-order valence-corrected chi connectivity index (χ2v) is 8.61. The summed E-state index contributed by atoms with van der Waals surface area (Å²) in [4.78, 5) is 8.96. The van der Waals surface area contributed by atoms with Crippen LogP contribution in [-0.2, 0) is 13.0 Å². The van der Waals surface area contributed by atoms with Crippen LogP contribution in [0.5, 0.6) is 0 Å². The molecule has 1 saturated heterocycles. The summed E-state index contributed by atoms with van der Waals surface area (Å²) >= 11 is 1.75. The van der Waals surface area contributed by atoms with Gasteiger partial charge < -0.3 is 14.4 Å². The highest BCUT2D eigenvalue weighted by Gasteiger charge is 2.21. The largest absolute Gasteiger partial charge is 0.348 e. The molecule has 0 unspecified atom stereocenters. The van der Waals surface area contributed by atoms with Crippen molar-refractivity contribution in [3.05, 3.63) is 58.5 Å². The maximum absolute atomic E-state index is 13.1. The molecule has 1 aromatic carbocycles. The molecule has 0 radical (unpaired) electrons. The van der Waals surface area contributed by atoms with Gasteiger partial charge in [0.1, 0.15) is 5.82 Å². The van der Waals surface area contributed by atoms with Crippen LogP contribution in [0.2, 0.25) is 0 Å². The third-order valence-electron chi connectivity index (χ3n) is 5.77. The first-order valence-corrected chi connectivity index (χ1v) is 10.8. The van der Waals surface area contributed by atoms with Crippen molar-refractivity contribution in [2.24, 2.45) is 0 Å². The van der Waals surface area contributed by atoms with Gasteiger partial charge in [-0.3, -0.25) is 0 Å². The van der Waals surface area contributed by atoms with Crippen molar-refractivity contribution in [1.29, 1.82) is 0 Å². The van der Waals surface area contributed by atoms with Gasteiger partial charge in [-0.1, -0.05) is 12.1 Å². The van der Waals surface area contributed by atoms with E-state index < -0.39 is 0 Å². The van der Waals surface area contributed by atoms with Gasteiger partial charge in [-0.05, 0) is 44.0 Å². The number of rotatable bonds is 5. The highest BCUT2D eigenvalue weighted by atomic mass is 32.1. The summed E-state index contributed by atoms with van der Waals surface area (Å²) in [7, 11) is 2.26. The third-order valence-corrected chi connectivity index (χ3v) is 6.67. The molecule has 148 valence electrons.